The zero-order valence-corrected chi connectivity index (χ0v) is 17.3. The van der Waals surface area contributed by atoms with Crippen LogP contribution in [0.5, 0.6) is 0 Å². The highest BCUT2D eigenvalue weighted by Crippen LogP contribution is 2.11. The summed E-state index contributed by atoms with van der Waals surface area (Å²) in [6.45, 7) is 7.24. The Morgan fingerprint density at radius 2 is 2.00 bits per heavy atom. The topological polar surface area (TPSA) is 59.9 Å². The minimum absolute atomic E-state index is 0. The first-order valence-electron chi connectivity index (χ1n) is 8.85. The van der Waals surface area contributed by atoms with Crippen LogP contribution in [0.1, 0.15) is 37.3 Å². The van der Waals surface area contributed by atoms with E-state index < -0.39 is 0 Å². The third-order valence-corrected chi connectivity index (χ3v) is 4.21. The van der Waals surface area contributed by atoms with Gasteiger partial charge in [0.05, 0.1) is 13.2 Å². The van der Waals surface area contributed by atoms with E-state index in [1.807, 2.05) is 6.92 Å². The molecule has 0 bridgehead atoms. The van der Waals surface area contributed by atoms with Gasteiger partial charge in [-0.3, -0.25) is 0 Å². The van der Waals surface area contributed by atoms with Crippen LogP contribution in [0.3, 0.4) is 0 Å². The second-order valence-electron chi connectivity index (χ2n) is 6.11. The van der Waals surface area contributed by atoms with Crippen molar-refractivity contribution in [2.75, 3.05) is 32.7 Å². The molecule has 0 saturated carbocycles. The van der Waals surface area contributed by atoms with Crippen LogP contribution in [-0.2, 0) is 13.2 Å². The van der Waals surface area contributed by atoms with Crippen molar-refractivity contribution in [2.24, 2.45) is 4.99 Å². The van der Waals surface area contributed by atoms with Crippen LogP contribution in [0.2, 0.25) is 0 Å². The highest BCUT2D eigenvalue weighted by Gasteiger charge is 2.09. The van der Waals surface area contributed by atoms with Gasteiger partial charge < -0.3 is 20.6 Å². The number of aliphatic hydroxyl groups is 1. The number of benzene rings is 1. The minimum atomic E-state index is -0.378. The molecule has 1 aliphatic rings. The molecular weight excluding hydrogens is 434 g/mol. The number of nitrogens with one attached hydrogen (secondary N) is 2. The first-order chi connectivity index (χ1) is 11.7. The number of aliphatic hydroxyl groups excluding tert-OH is 1. The fourth-order valence-corrected chi connectivity index (χ4v) is 2.88. The standard InChI is InChI=1S/C18H29FN4O.HI/c1-2-20-18(21-8-11-23-9-4-3-5-10-23)22-13-15-6-7-17(19)16(12-15)14-24;/h6-7,12,24H,2-5,8-11,13-14H2,1H3,(H2,20,21,22);1H. The molecule has 25 heavy (non-hydrogen) atoms. The summed E-state index contributed by atoms with van der Waals surface area (Å²) < 4.78 is 13.4. The van der Waals surface area contributed by atoms with Gasteiger partial charge in [-0.15, -0.1) is 24.0 Å². The van der Waals surface area contributed by atoms with Crippen molar-refractivity contribution in [1.29, 1.82) is 0 Å². The van der Waals surface area contributed by atoms with Gasteiger partial charge in [0.15, 0.2) is 5.96 Å². The number of halogens is 2. The molecule has 0 aliphatic carbocycles. The lowest BCUT2D eigenvalue weighted by atomic mass is 10.1. The van der Waals surface area contributed by atoms with Gasteiger partial charge in [-0.1, -0.05) is 12.5 Å². The maximum Gasteiger partial charge on any atom is 0.191 e. The SMILES string of the molecule is CCNC(=NCc1ccc(F)c(CO)c1)NCCN1CCCCC1.I. The van der Waals surface area contributed by atoms with Gasteiger partial charge in [0.25, 0.3) is 0 Å². The fourth-order valence-electron chi connectivity index (χ4n) is 2.88. The monoisotopic (exact) mass is 464 g/mol. The van der Waals surface area contributed by atoms with Gasteiger partial charge >= 0.3 is 0 Å². The summed E-state index contributed by atoms with van der Waals surface area (Å²) in [6.07, 6.45) is 3.94. The highest BCUT2D eigenvalue weighted by molar-refractivity contribution is 14.0. The Kier molecular flexibility index (Phi) is 11.0. The fraction of sp³-hybridized carbons (Fsp3) is 0.611. The summed E-state index contributed by atoms with van der Waals surface area (Å²) in [7, 11) is 0. The molecule has 0 atom stereocenters. The number of likely N-dealkylation sites (tertiary alicyclic amines) is 1. The zero-order valence-electron chi connectivity index (χ0n) is 14.9. The van der Waals surface area contributed by atoms with E-state index in [1.54, 1.807) is 12.1 Å². The normalized spacial score (nSPS) is 15.6. The lowest BCUT2D eigenvalue weighted by Gasteiger charge is -2.26. The average Bonchev–Trinajstić information content (AvgIpc) is 2.61. The van der Waals surface area contributed by atoms with E-state index in [9.17, 15) is 4.39 Å². The van der Waals surface area contributed by atoms with E-state index in [0.29, 0.717) is 12.1 Å². The quantitative estimate of drug-likeness (QED) is 0.330. The number of aliphatic imine (C=N–C) groups is 1. The van der Waals surface area contributed by atoms with Gasteiger partial charge in [0, 0.05) is 25.2 Å². The minimum Gasteiger partial charge on any atom is -0.392 e. The van der Waals surface area contributed by atoms with E-state index in [0.717, 1.165) is 31.2 Å². The molecule has 7 heteroatoms. The first-order valence-corrected chi connectivity index (χ1v) is 8.85. The van der Waals surface area contributed by atoms with Crippen LogP contribution in [0, 0.1) is 5.82 Å². The molecule has 1 aliphatic heterocycles. The number of hydrogen-bond donors (Lipinski definition) is 3. The Bertz CT molecular complexity index is 536. The van der Waals surface area contributed by atoms with E-state index in [2.05, 4.69) is 20.5 Å². The average molecular weight is 464 g/mol. The lowest BCUT2D eigenvalue weighted by Crippen LogP contribution is -2.42. The van der Waals surface area contributed by atoms with Gasteiger partial charge in [-0.25, -0.2) is 9.38 Å². The highest BCUT2D eigenvalue weighted by atomic mass is 127. The molecule has 1 fully saturated rings. The Hall–Kier alpha value is -0.930. The molecule has 1 aromatic rings. The molecule has 142 valence electrons. The second kappa shape index (κ2) is 12.4. The van der Waals surface area contributed by atoms with Crippen LogP contribution in [0.25, 0.3) is 0 Å². The predicted molar refractivity (Wildman–Crippen MR) is 111 cm³/mol. The van der Waals surface area contributed by atoms with Gasteiger partial charge in [-0.05, 0) is 50.6 Å². The number of piperidine rings is 1. The Labute approximate surface area is 167 Å². The number of rotatable bonds is 7. The molecule has 3 N–H and O–H groups in total. The predicted octanol–water partition coefficient (Wildman–Crippen LogP) is 2.48. The van der Waals surface area contributed by atoms with E-state index in [1.165, 1.54) is 38.4 Å². The molecular formula is C18H30FIN4O. The summed E-state index contributed by atoms with van der Waals surface area (Å²) in [4.78, 5) is 7.02. The molecule has 5 nitrogen and oxygen atoms in total. The van der Waals surface area contributed by atoms with E-state index in [-0.39, 0.29) is 36.4 Å². The van der Waals surface area contributed by atoms with Crippen molar-refractivity contribution in [2.45, 2.75) is 39.3 Å². The summed E-state index contributed by atoms with van der Waals surface area (Å²) in [5.74, 6) is 0.390. The van der Waals surface area contributed by atoms with Crippen LogP contribution in [-0.4, -0.2) is 48.7 Å². The lowest BCUT2D eigenvalue weighted by molar-refractivity contribution is 0.232. The van der Waals surface area contributed by atoms with Gasteiger partial charge in [0.2, 0.25) is 0 Å². The number of hydrogen-bond acceptors (Lipinski definition) is 3. The summed E-state index contributed by atoms with van der Waals surface area (Å²) in [5, 5.41) is 15.7. The van der Waals surface area contributed by atoms with Crippen LogP contribution in [0.15, 0.2) is 23.2 Å². The largest absolute Gasteiger partial charge is 0.392 e. The number of guanidine groups is 1. The molecule has 2 rings (SSSR count). The molecule has 0 aromatic heterocycles. The molecule has 1 aromatic carbocycles. The zero-order chi connectivity index (χ0) is 17.2. The van der Waals surface area contributed by atoms with Crippen molar-refractivity contribution < 1.29 is 9.50 Å². The van der Waals surface area contributed by atoms with Gasteiger partial charge in [0.1, 0.15) is 5.82 Å². The molecule has 1 saturated heterocycles. The Balaban J connectivity index is 0.00000312. The van der Waals surface area contributed by atoms with Crippen molar-refractivity contribution in [1.82, 2.24) is 15.5 Å². The summed E-state index contributed by atoms with van der Waals surface area (Å²) in [6, 6.07) is 4.75. The van der Waals surface area contributed by atoms with Crippen LogP contribution in [0.4, 0.5) is 4.39 Å². The Morgan fingerprint density at radius 3 is 2.68 bits per heavy atom. The van der Waals surface area contributed by atoms with Crippen molar-refractivity contribution in [3.63, 3.8) is 0 Å². The van der Waals surface area contributed by atoms with Crippen molar-refractivity contribution in [3.05, 3.63) is 35.1 Å². The van der Waals surface area contributed by atoms with Crippen LogP contribution >= 0.6 is 24.0 Å². The maximum absolute atomic E-state index is 13.4. The smallest absolute Gasteiger partial charge is 0.191 e. The van der Waals surface area contributed by atoms with Gasteiger partial charge in [-0.2, -0.15) is 0 Å². The third kappa shape index (κ3) is 7.87. The maximum atomic E-state index is 13.4. The van der Waals surface area contributed by atoms with E-state index >= 15 is 0 Å². The molecule has 0 spiro atoms. The van der Waals surface area contributed by atoms with Crippen LogP contribution < -0.4 is 10.6 Å². The van der Waals surface area contributed by atoms with Crippen molar-refractivity contribution in [3.8, 4) is 0 Å². The van der Waals surface area contributed by atoms with E-state index in [4.69, 9.17) is 5.11 Å². The molecule has 0 amide bonds. The molecule has 0 radical (unpaired) electrons. The molecule has 0 unspecified atom stereocenters. The Morgan fingerprint density at radius 1 is 1.24 bits per heavy atom. The second-order valence-corrected chi connectivity index (χ2v) is 6.11. The first kappa shape index (κ1) is 22.1. The van der Waals surface area contributed by atoms with Crippen molar-refractivity contribution >= 4 is 29.9 Å². The summed E-state index contributed by atoms with van der Waals surface area (Å²) >= 11 is 0. The third-order valence-electron chi connectivity index (χ3n) is 4.21. The molecule has 1 heterocycles. The summed E-state index contributed by atoms with van der Waals surface area (Å²) in [5.41, 5.74) is 1.19. The number of nitrogens with zero attached hydrogens (tertiary/aromatic N) is 2.